The summed E-state index contributed by atoms with van der Waals surface area (Å²) in [5, 5.41) is 23.3. The SMILES string of the molecule is CCCNP1(NCCC)(NCCC)N=PNP(NCCC)(NCCC)(NCCC)N1. The molecule has 0 amide bonds. The summed E-state index contributed by atoms with van der Waals surface area (Å²) in [6, 6.07) is 0. The molecule has 1 heterocycles. The molecule has 8 N–H and O–H groups in total. The maximum absolute atomic E-state index is 5.23. The summed E-state index contributed by atoms with van der Waals surface area (Å²) >= 11 is 0. The molecule has 0 spiro atoms. The summed E-state index contributed by atoms with van der Waals surface area (Å²) in [5.41, 5.74) is 0. The van der Waals surface area contributed by atoms with Gasteiger partial charge in [0.25, 0.3) is 0 Å². The molecular formula is C18H50N9P3. The van der Waals surface area contributed by atoms with Crippen molar-refractivity contribution in [2.45, 2.75) is 80.1 Å². The molecule has 0 radical (unpaired) electrons. The van der Waals surface area contributed by atoms with Crippen molar-refractivity contribution in [2.75, 3.05) is 39.3 Å². The number of hydrogen-bond acceptors (Lipinski definition) is 9. The first-order valence-electron chi connectivity index (χ1n) is 12.0. The molecule has 0 fully saturated rings. The van der Waals surface area contributed by atoms with Gasteiger partial charge in [-0.2, -0.15) is 0 Å². The van der Waals surface area contributed by atoms with E-state index in [1.54, 1.807) is 0 Å². The Morgan fingerprint density at radius 1 is 0.567 bits per heavy atom. The Labute approximate surface area is 187 Å². The van der Waals surface area contributed by atoms with Crippen LogP contribution < -0.4 is 40.2 Å². The van der Waals surface area contributed by atoms with E-state index < -0.39 is 14.7 Å². The summed E-state index contributed by atoms with van der Waals surface area (Å²) in [4.78, 5) is 7.89. The van der Waals surface area contributed by atoms with E-state index in [9.17, 15) is 0 Å². The van der Waals surface area contributed by atoms with Gasteiger partial charge in [0.2, 0.25) is 0 Å². The number of nitrogens with one attached hydrogen (secondary N) is 8. The molecule has 0 atom stereocenters. The molecule has 0 aliphatic carbocycles. The van der Waals surface area contributed by atoms with Crippen LogP contribution in [0.5, 0.6) is 0 Å². The van der Waals surface area contributed by atoms with Crippen molar-refractivity contribution in [1.29, 1.82) is 0 Å². The van der Waals surface area contributed by atoms with Crippen LogP contribution >= 0.6 is 23.2 Å². The minimum atomic E-state index is -3.24. The van der Waals surface area contributed by atoms with Crippen LogP contribution in [0, 0.1) is 0 Å². The first-order valence-corrected chi connectivity index (χ1v) is 17.3. The third-order valence-corrected chi connectivity index (χ3v) is 16.9. The van der Waals surface area contributed by atoms with Crippen molar-refractivity contribution in [3.8, 4) is 0 Å². The van der Waals surface area contributed by atoms with Gasteiger partial charge in [0.1, 0.15) is 0 Å². The summed E-state index contributed by atoms with van der Waals surface area (Å²) in [7, 11) is -5.51. The van der Waals surface area contributed by atoms with Crippen molar-refractivity contribution in [3.05, 3.63) is 0 Å². The standard InChI is InChI=1S/C18H50N9P3/c1-7-13-19-29(20-14-8-2,21-15-9-3)25-28-26-30(27-29,22-16-10-4,23-17-11-5)24-18-12-6/h19-24,27H,7-18H2,1-6H3,(H,25,26). The van der Waals surface area contributed by atoms with E-state index in [1.807, 2.05) is 0 Å². The van der Waals surface area contributed by atoms with Gasteiger partial charge in [0.15, 0.2) is 0 Å². The second-order valence-corrected chi connectivity index (χ2v) is 16.8. The van der Waals surface area contributed by atoms with Crippen LogP contribution in [0.25, 0.3) is 0 Å². The molecule has 0 aromatic carbocycles. The van der Waals surface area contributed by atoms with Crippen LogP contribution in [0.1, 0.15) is 80.1 Å². The van der Waals surface area contributed by atoms with Crippen LogP contribution in [-0.4, -0.2) is 39.3 Å². The van der Waals surface area contributed by atoms with Crippen LogP contribution in [-0.2, 0) is 0 Å². The fourth-order valence-electron chi connectivity index (χ4n) is 3.37. The van der Waals surface area contributed by atoms with Crippen LogP contribution in [0.15, 0.2) is 4.52 Å². The summed E-state index contributed by atoms with van der Waals surface area (Å²) < 4.78 is 5.23. The summed E-state index contributed by atoms with van der Waals surface area (Å²) in [5.74, 6) is 0. The van der Waals surface area contributed by atoms with E-state index >= 15 is 0 Å². The average molecular weight is 486 g/mol. The van der Waals surface area contributed by atoms with E-state index in [2.05, 4.69) is 81.8 Å². The van der Waals surface area contributed by atoms with Gasteiger partial charge in [-0.05, 0) is 0 Å². The van der Waals surface area contributed by atoms with Crippen molar-refractivity contribution < 1.29 is 0 Å². The van der Waals surface area contributed by atoms with Gasteiger partial charge < -0.3 is 0 Å². The molecule has 1 aliphatic heterocycles. The van der Waals surface area contributed by atoms with E-state index in [4.69, 9.17) is 4.52 Å². The fourth-order valence-corrected chi connectivity index (χ4v) is 17.5. The van der Waals surface area contributed by atoms with Crippen molar-refractivity contribution in [2.24, 2.45) is 4.52 Å². The number of rotatable bonds is 18. The van der Waals surface area contributed by atoms with Gasteiger partial charge in [-0.15, -0.1) is 0 Å². The first-order chi connectivity index (χ1) is 14.4. The quantitative estimate of drug-likeness (QED) is 0.134. The molecule has 182 valence electrons. The van der Waals surface area contributed by atoms with Gasteiger partial charge >= 0.3 is 187 Å². The predicted molar refractivity (Wildman–Crippen MR) is 139 cm³/mol. The molecule has 0 aromatic rings. The van der Waals surface area contributed by atoms with Crippen molar-refractivity contribution in [1.82, 2.24) is 40.2 Å². The Balaban J connectivity index is 3.59. The molecule has 1 aliphatic rings. The molecule has 12 heteroatoms. The fraction of sp³-hybridized carbons (Fsp3) is 1.00. The molecule has 0 saturated heterocycles. The molecule has 1 rings (SSSR count). The number of nitrogens with zero attached hydrogens (tertiary/aromatic N) is 1. The van der Waals surface area contributed by atoms with Crippen LogP contribution in [0.2, 0.25) is 0 Å². The van der Waals surface area contributed by atoms with E-state index in [1.165, 1.54) is 0 Å². The zero-order valence-corrected chi connectivity index (χ0v) is 23.0. The van der Waals surface area contributed by atoms with Gasteiger partial charge in [-0.25, -0.2) is 0 Å². The molecular weight excluding hydrogens is 435 g/mol. The third kappa shape index (κ3) is 7.33. The second-order valence-electron chi connectivity index (χ2n) is 8.03. The Hall–Kier alpha value is 0.640. The molecule has 0 saturated carbocycles. The normalized spacial score (nSPS) is 24.3. The molecule has 30 heavy (non-hydrogen) atoms. The Morgan fingerprint density at radius 2 is 0.900 bits per heavy atom. The monoisotopic (exact) mass is 485 g/mol. The maximum atomic E-state index is 5.23. The van der Waals surface area contributed by atoms with Crippen molar-refractivity contribution in [3.63, 3.8) is 0 Å². The zero-order valence-electron chi connectivity index (χ0n) is 20.3. The van der Waals surface area contributed by atoms with E-state index in [0.29, 0.717) is 0 Å². The van der Waals surface area contributed by atoms with Gasteiger partial charge in [-0.3, -0.25) is 0 Å². The van der Waals surface area contributed by atoms with E-state index in [-0.39, 0.29) is 0 Å². The van der Waals surface area contributed by atoms with Crippen molar-refractivity contribution >= 4 is 23.2 Å². The van der Waals surface area contributed by atoms with E-state index in [0.717, 1.165) is 86.3 Å². The average Bonchev–Trinajstić information content (AvgIpc) is 2.77. The van der Waals surface area contributed by atoms with Gasteiger partial charge in [0.05, 0.1) is 0 Å². The van der Waals surface area contributed by atoms with Crippen LogP contribution in [0.4, 0.5) is 0 Å². The Kier molecular flexibility index (Phi) is 12.8. The topological polar surface area (TPSA) is 109 Å². The molecule has 0 aromatic heterocycles. The third-order valence-electron chi connectivity index (χ3n) is 4.91. The Bertz CT molecular complexity index is 472. The molecule has 0 unspecified atom stereocenters. The van der Waals surface area contributed by atoms with Crippen LogP contribution in [0.3, 0.4) is 0 Å². The predicted octanol–water partition coefficient (Wildman–Crippen LogP) is 4.48. The summed E-state index contributed by atoms with van der Waals surface area (Å²) in [6.07, 6.45) is 6.30. The molecule has 0 bridgehead atoms. The number of hydrogen-bond donors (Lipinski definition) is 8. The first kappa shape index (κ1) is 28.7. The summed E-state index contributed by atoms with van der Waals surface area (Å²) in [6.45, 7) is 18.6. The van der Waals surface area contributed by atoms with Gasteiger partial charge in [0, 0.05) is 0 Å². The Morgan fingerprint density at radius 3 is 1.23 bits per heavy atom. The zero-order chi connectivity index (χ0) is 22.5. The second kappa shape index (κ2) is 13.4. The van der Waals surface area contributed by atoms with Gasteiger partial charge in [-0.1, -0.05) is 0 Å². The minimum absolute atomic E-state index is 0.865. The molecule has 9 nitrogen and oxygen atoms in total.